The summed E-state index contributed by atoms with van der Waals surface area (Å²) in [4.78, 5) is 0. The fourth-order valence-corrected chi connectivity index (χ4v) is 2.45. The molecule has 1 N–H and O–H groups in total. The standard InChI is InChI=1S/C16H21NO/c1-5-13-9-10-14(18-13)16(17-4)15-11(2)7-6-8-12(15)3/h6-10,16-17H,5H2,1-4H3. The molecule has 1 unspecified atom stereocenters. The minimum Gasteiger partial charge on any atom is -0.464 e. The van der Waals surface area contributed by atoms with Crippen LogP contribution in [0.1, 0.15) is 41.2 Å². The number of benzene rings is 1. The average Bonchev–Trinajstić information content (AvgIpc) is 2.82. The van der Waals surface area contributed by atoms with Crippen LogP contribution >= 0.6 is 0 Å². The van der Waals surface area contributed by atoms with Crippen molar-refractivity contribution < 1.29 is 4.42 Å². The van der Waals surface area contributed by atoms with Crippen LogP contribution in [0.4, 0.5) is 0 Å². The van der Waals surface area contributed by atoms with Crippen molar-refractivity contribution in [3.63, 3.8) is 0 Å². The van der Waals surface area contributed by atoms with Gasteiger partial charge >= 0.3 is 0 Å². The van der Waals surface area contributed by atoms with E-state index in [1.165, 1.54) is 16.7 Å². The van der Waals surface area contributed by atoms with E-state index in [0.717, 1.165) is 17.9 Å². The first-order chi connectivity index (χ1) is 8.67. The Balaban J connectivity index is 2.45. The Hall–Kier alpha value is -1.54. The topological polar surface area (TPSA) is 25.2 Å². The van der Waals surface area contributed by atoms with Gasteiger partial charge in [-0.1, -0.05) is 25.1 Å². The van der Waals surface area contributed by atoms with E-state index in [9.17, 15) is 0 Å². The SMILES string of the molecule is CCc1ccc(C(NC)c2c(C)cccc2C)o1. The van der Waals surface area contributed by atoms with E-state index >= 15 is 0 Å². The van der Waals surface area contributed by atoms with Crippen molar-refractivity contribution in [1.82, 2.24) is 5.32 Å². The van der Waals surface area contributed by atoms with Gasteiger partial charge in [0.2, 0.25) is 0 Å². The summed E-state index contributed by atoms with van der Waals surface area (Å²) in [5.74, 6) is 2.03. The molecule has 18 heavy (non-hydrogen) atoms. The van der Waals surface area contributed by atoms with Gasteiger partial charge in [-0.05, 0) is 49.7 Å². The molecule has 1 atom stereocenters. The fraction of sp³-hybridized carbons (Fsp3) is 0.375. The number of furan rings is 1. The fourth-order valence-electron chi connectivity index (χ4n) is 2.45. The number of rotatable bonds is 4. The van der Waals surface area contributed by atoms with Crippen LogP contribution in [0.3, 0.4) is 0 Å². The van der Waals surface area contributed by atoms with E-state index in [1.807, 2.05) is 7.05 Å². The van der Waals surface area contributed by atoms with Gasteiger partial charge in [0, 0.05) is 6.42 Å². The summed E-state index contributed by atoms with van der Waals surface area (Å²) in [6, 6.07) is 10.7. The van der Waals surface area contributed by atoms with Gasteiger partial charge in [0.1, 0.15) is 11.5 Å². The van der Waals surface area contributed by atoms with Crippen LogP contribution in [-0.4, -0.2) is 7.05 Å². The van der Waals surface area contributed by atoms with Crippen molar-refractivity contribution in [2.75, 3.05) is 7.05 Å². The third-order valence-electron chi connectivity index (χ3n) is 3.43. The first-order valence-corrected chi connectivity index (χ1v) is 6.49. The summed E-state index contributed by atoms with van der Waals surface area (Å²) in [5, 5.41) is 3.36. The molecule has 1 aromatic carbocycles. The van der Waals surface area contributed by atoms with Crippen LogP contribution in [-0.2, 0) is 6.42 Å². The second kappa shape index (κ2) is 5.40. The van der Waals surface area contributed by atoms with Gasteiger partial charge in [-0.25, -0.2) is 0 Å². The molecule has 0 aliphatic heterocycles. The normalized spacial score (nSPS) is 12.7. The second-order valence-electron chi connectivity index (χ2n) is 4.68. The van der Waals surface area contributed by atoms with Crippen LogP contribution in [0.2, 0.25) is 0 Å². The highest BCUT2D eigenvalue weighted by atomic mass is 16.3. The third kappa shape index (κ3) is 2.34. The lowest BCUT2D eigenvalue weighted by Gasteiger charge is -2.19. The molecule has 96 valence electrons. The largest absolute Gasteiger partial charge is 0.464 e. The van der Waals surface area contributed by atoms with Crippen molar-refractivity contribution in [3.05, 3.63) is 58.5 Å². The maximum absolute atomic E-state index is 5.89. The zero-order valence-corrected chi connectivity index (χ0v) is 11.6. The number of hydrogen-bond acceptors (Lipinski definition) is 2. The highest BCUT2D eigenvalue weighted by molar-refractivity contribution is 5.39. The molecule has 0 saturated heterocycles. The van der Waals surface area contributed by atoms with Crippen molar-refractivity contribution in [3.8, 4) is 0 Å². The summed E-state index contributed by atoms with van der Waals surface area (Å²) in [6.45, 7) is 6.41. The van der Waals surface area contributed by atoms with Crippen LogP contribution in [0, 0.1) is 13.8 Å². The van der Waals surface area contributed by atoms with Gasteiger partial charge in [0.05, 0.1) is 6.04 Å². The quantitative estimate of drug-likeness (QED) is 0.884. The average molecular weight is 243 g/mol. The van der Waals surface area contributed by atoms with E-state index < -0.39 is 0 Å². The summed E-state index contributed by atoms with van der Waals surface area (Å²) in [5.41, 5.74) is 3.91. The smallest absolute Gasteiger partial charge is 0.125 e. The molecule has 2 nitrogen and oxygen atoms in total. The Morgan fingerprint density at radius 2 is 1.78 bits per heavy atom. The molecule has 0 radical (unpaired) electrons. The molecular weight excluding hydrogens is 222 g/mol. The van der Waals surface area contributed by atoms with Gasteiger partial charge < -0.3 is 9.73 Å². The molecule has 2 heteroatoms. The first kappa shape index (κ1) is 12.9. The lowest BCUT2D eigenvalue weighted by molar-refractivity contribution is 0.432. The monoisotopic (exact) mass is 243 g/mol. The van der Waals surface area contributed by atoms with Crippen molar-refractivity contribution in [2.45, 2.75) is 33.2 Å². The minimum atomic E-state index is 0.131. The molecule has 0 saturated carbocycles. The number of hydrogen-bond donors (Lipinski definition) is 1. The molecule has 0 bridgehead atoms. The predicted octanol–water partition coefficient (Wildman–Crippen LogP) is 3.77. The zero-order valence-electron chi connectivity index (χ0n) is 11.6. The Labute approximate surface area is 109 Å². The van der Waals surface area contributed by atoms with E-state index in [4.69, 9.17) is 4.42 Å². The van der Waals surface area contributed by atoms with Crippen molar-refractivity contribution >= 4 is 0 Å². The second-order valence-corrected chi connectivity index (χ2v) is 4.68. The van der Waals surface area contributed by atoms with Gasteiger partial charge in [-0.15, -0.1) is 0 Å². The zero-order chi connectivity index (χ0) is 13.1. The number of nitrogens with one attached hydrogen (secondary N) is 1. The van der Waals surface area contributed by atoms with Crippen molar-refractivity contribution in [1.29, 1.82) is 0 Å². The third-order valence-corrected chi connectivity index (χ3v) is 3.43. The summed E-state index contributed by atoms with van der Waals surface area (Å²) in [7, 11) is 1.98. The predicted molar refractivity (Wildman–Crippen MR) is 74.9 cm³/mol. The molecule has 0 spiro atoms. The van der Waals surface area contributed by atoms with E-state index in [2.05, 4.69) is 56.4 Å². The maximum Gasteiger partial charge on any atom is 0.125 e. The van der Waals surface area contributed by atoms with Crippen LogP contribution in [0.15, 0.2) is 34.7 Å². The van der Waals surface area contributed by atoms with E-state index in [1.54, 1.807) is 0 Å². The Morgan fingerprint density at radius 1 is 1.11 bits per heavy atom. The summed E-state index contributed by atoms with van der Waals surface area (Å²) >= 11 is 0. The van der Waals surface area contributed by atoms with Crippen molar-refractivity contribution in [2.24, 2.45) is 0 Å². The molecule has 0 aliphatic rings. The lowest BCUT2D eigenvalue weighted by atomic mass is 9.95. The van der Waals surface area contributed by atoms with E-state index in [-0.39, 0.29) is 6.04 Å². The van der Waals surface area contributed by atoms with Crippen LogP contribution in [0.25, 0.3) is 0 Å². The summed E-state index contributed by atoms with van der Waals surface area (Å²) < 4.78 is 5.89. The molecule has 0 fully saturated rings. The molecule has 1 heterocycles. The Kier molecular flexibility index (Phi) is 3.87. The molecule has 0 aliphatic carbocycles. The summed E-state index contributed by atoms with van der Waals surface area (Å²) in [6.07, 6.45) is 0.934. The Bertz CT molecular complexity index is 507. The molecule has 2 aromatic rings. The highest BCUT2D eigenvalue weighted by Gasteiger charge is 2.19. The lowest BCUT2D eigenvalue weighted by Crippen LogP contribution is -2.19. The van der Waals surface area contributed by atoms with Gasteiger partial charge in [0.15, 0.2) is 0 Å². The Morgan fingerprint density at radius 3 is 2.28 bits per heavy atom. The molecule has 1 aromatic heterocycles. The number of aryl methyl sites for hydroxylation is 3. The maximum atomic E-state index is 5.89. The highest BCUT2D eigenvalue weighted by Crippen LogP contribution is 2.28. The van der Waals surface area contributed by atoms with Gasteiger partial charge in [-0.3, -0.25) is 0 Å². The molecule has 0 amide bonds. The van der Waals surface area contributed by atoms with Gasteiger partial charge in [-0.2, -0.15) is 0 Å². The molecular formula is C16H21NO. The van der Waals surface area contributed by atoms with Gasteiger partial charge in [0.25, 0.3) is 0 Å². The van der Waals surface area contributed by atoms with Crippen LogP contribution < -0.4 is 5.32 Å². The first-order valence-electron chi connectivity index (χ1n) is 6.49. The van der Waals surface area contributed by atoms with Crippen LogP contribution in [0.5, 0.6) is 0 Å². The molecule has 2 rings (SSSR count). The minimum absolute atomic E-state index is 0.131. The van der Waals surface area contributed by atoms with E-state index in [0.29, 0.717) is 0 Å².